The van der Waals surface area contributed by atoms with Crippen LogP contribution in [0.4, 0.5) is 0 Å². The fourth-order valence-corrected chi connectivity index (χ4v) is 4.31. The maximum Gasteiger partial charge on any atom is 0.303 e. The Hall–Kier alpha value is -3.55. The zero-order valence-corrected chi connectivity index (χ0v) is 23.2. The quantitative estimate of drug-likeness (QED) is 0.218. The number of carboxylic acid groups (broad SMARTS) is 1. The Morgan fingerprint density at radius 2 is 1.59 bits per heavy atom. The number of nitrogens with one attached hydrogen (secondary N) is 1. The van der Waals surface area contributed by atoms with Gasteiger partial charge in [0.2, 0.25) is 5.91 Å². The lowest BCUT2D eigenvalue weighted by molar-refractivity contribution is -0.137. The number of halogens is 1. The summed E-state index contributed by atoms with van der Waals surface area (Å²) >= 11 is 5.98. The average molecular weight is 553 g/mol. The number of rotatable bonds is 17. The van der Waals surface area contributed by atoms with Crippen molar-refractivity contribution < 1.29 is 24.2 Å². The van der Waals surface area contributed by atoms with Gasteiger partial charge in [-0.15, -0.1) is 0 Å². The van der Waals surface area contributed by atoms with E-state index in [1.807, 2.05) is 72.8 Å². The Bertz CT molecular complexity index is 1170. The molecule has 8 heteroatoms. The fraction of sp³-hybridized carbons (Fsp3) is 0.355. The molecule has 2 N–H and O–H groups in total. The first-order valence-corrected chi connectivity index (χ1v) is 13.6. The summed E-state index contributed by atoms with van der Waals surface area (Å²) in [4.78, 5) is 25.8. The minimum atomic E-state index is -0.785. The van der Waals surface area contributed by atoms with Crippen molar-refractivity contribution in [3.05, 3.63) is 94.5 Å². The zero-order chi connectivity index (χ0) is 27.9. The van der Waals surface area contributed by atoms with Gasteiger partial charge in [-0.05, 0) is 73.3 Å². The molecule has 0 atom stereocenters. The number of benzene rings is 3. The van der Waals surface area contributed by atoms with Crippen molar-refractivity contribution in [3.63, 3.8) is 0 Å². The molecule has 0 spiro atoms. The van der Waals surface area contributed by atoms with Crippen molar-refractivity contribution in [2.24, 2.45) is 0 Å². The predicted molar refractivity (Wildman–Crippen MR) is 154 cm³/mol. The van der Waals surface area contributed by atoms with Crippen LogP contribution in [0.25, 0.3) is 0 Å². The first-order valence-electron chi connectivity index (χ1n) is 13.2. The van der Waals surface area contributed by atoms with Crippen LogP contribution in [0.5, 0.6) is 11.5 Å². The molecule has 208 valence electrons. The molecule has 3 rings (SSSR count). The van der Waals surface area contributed by atoms with Gasteiger partial charge in [0, 0.05) is 24.5 Å². The number of hydrogen-bond acceptors (Lipinski definition) is 5. The highest BCUT2D eigenvalue weighted by molar-refractivity contribution is 6.30. The Morgan fingerprint density at radius 3 is 2.31 bits per heavy atom. The Labute approximate surface area is 235 Å². The van der Waals surface area contributed by atoms with Crippen LogP contribution in [0.15, 0.2) is 72.8 Å². The van der Waals surface area contributed by atoms with Crippen molar-refractivity contribution >= 4 is 23.5 Å². The van der Waals surface area contributed by atoms with Gasteiger partial charge in [0.15, 0.2) is 11.5 Å². The second-order valence-electron chi connectivity index (χ2n) is 9.36. The van der Waals surface area contributed by atoms with Crippen LogP contribution in [0.1, 0.15) is 36.0 Å². The summed E-state index contributed by atoms with van der Waals surface area (Å²) in [6, 6.07) is 23.2. The van der Waals surface area contributed by atoms with Crippen molar-refractivity contribution in [1.82, 2.24) is 10.2 Å². The largest absolute Gasteiger partial charge is 0.493 e. The second-order valence-corrected chi connectivity index (χ2v) is 9.79. The summed E-state index contributed by atoms with van der Waals surface area (Å²) in [6.45, 7) is 3.27. The summed E-state index contributed by atoms with van der Waals surface area (Å²) in [5.41, 5.74) is 3.09. The number of amides is 1. The van der Waals surface area contributed by atoms with Gasteiger partial charge in [0.25, 0.3) is 0 Å². The van der Waals surface area contributed by atoms with E-state index in [1.54, 1.807) is 7.11 Å². The SMILES string of the molecule is COc1cc(CC(=O)NCCCN(CCCC(=O)O)CCc2ccc(Cl)cc2)ccc1OCc1ccccc1. The Morgan fingerprint density at radius 1 is 0.872 bits per heavy atom. The highest BCUT2D eigenvalue weighted by atomic mass is 35.5. The number of carbonyl (C=O) groups is 2. The number of hydrogen-bond donors (Lipinski definition) is 2. The topological polar surface area (TPSA) is 88.1 Å². The molecule has 0 aliphatic carbocycles. The maximum atomic E-state index is 12.6. The van der Waals surface area contributed by atoms with Gasteiger partial charge in [-0.1, -0.05) is 60.1 Å². The predicted octanol–water partition coefficient (Wildman–Crippen LogP) is 5.39. The maximum absolute atomic E-state index is 12.6. The highest BCUT2D eigenvalue weighted by Crippen LogP contribution is 2.29. The number of aliphatic carboxylic acids is 1. The molecule has 0 aromatic heterocycles. The molecule has 39 heavy (non-hydrogen) atoms. The molecule has 0 radical (unpaired) electrons. The summed E-state index contributed by atoms with van der Waals surface area (Å²) in [5.74, 6) is 0.377. The molecule has 3 aromatic carbocycles. The third-order valence-electron chi connectivity index (χ3n) is 6.30. The molecule has 0 unspecified atom stereocenters. The van der Waals surface area contributed by atoms with Crippen LogP contribution in [0.2, 0.25) is 5.02 Å². The van der Waals surface area contributed by atoms with E-state index in [2.05, 4.69) is 10.2 Å². The van der Waals surface area contributed by atoms with Gasteiger partial charge < -0.3 is 24.8 Å². The monoisotopic (exact) mass is 552 g/mol. The summed E-state index contributed by atoms with van der Waals surface area (Å²) in [6.07, 6.45) is 2.61. The van der Waals surface area contributed by atoms with E-state index < -0.39 is 5.97 Å². The lowest BCUT2D eigenvalue weighted by Crippen LogP contribution is -2.32. The molecule has 3 aromatic rings. The molecular weight excluding hydrogens is 516 g/mol. The van der Waals surface area contributed by atoms with E-state index in [9.17, 15) is 9.59 Å². The number of methoxy groups -OCH3 is 1. The summed E-state index contributed by atoms with van der Waals surface area (Å²) < 4.78 is 11.4. The van der Waals surface area contributed by atoms with Crippen LogP contribution in [-0.2, 0) is 29.0 Å². The molecule has 0 heterocycles. The van der Waals surface area contributed by atoms with Crippen LogP contribution in [0, 0.1) is 0 Å². The van der Waals surface area contributed by atoms with Gasteiger partial charge in [0.1, 0.15) is 6.61 Å². The molecule has 0 fully saturated rings. The molecule has 0 aliphatic rings. The van der Waals surface area contributed by atoms with E-state index in [4.69, 9.17) is 26.2 Å². The van der Waals surface area contributed by atoms with Crippen molar-refractivity contribution in [2.75, 3.05) is 33.3 Å². The number of carbonyl (C=O) groups excluding carboxylic acids is 1. The van der Waals surface area contributed by atoms with Crippen molar-refractivity contribution in [2.45, 2.75) is 38.7 Å². The van der Waals surface area contributed by atoms with Crippen LogP contribution < -0.4 is 14.8 Å². The van der Waals surface area contributed by atoms with Crippen molar-refractivity contribution in [3.8, 4) is 11.5 Å². The minimum Gasteiger partial charge on any atom is -0.493 e. The minimum absolute atomic E-state index is 0.0615. The molecule has 0 saturated heterocycles. The third kappa shape index (κ3) is 11.4. The zero-order valence-electron chi connectivity index (χ0n) is 22.4. The first kappa shape index (κ1) is 30.0. The van der Waals surface area contributed by atoms with E-state index in [0.29, 0.717) is 42.6 Å². The fourth-order valence-electron chi connectivity index (χ4n) is 4.18. The van der Waals surface area contributed by atoms with Gasteiger partial charge in [-0.3, -0.25) is 9.59 Å². The lowest BCUT2D eigenvalue weighted by atomic mass is 10.1. The van der Waals surface area contributed by atoms with Gasteiger partial charge in [0.05, 0.1) is 13.5 Å². The van der Waals surface area contributed by atoms with Crippen LogP contribution >= 0.6 is 11.6 Å². The van der Waals surface area contributed by atoms with E-state index in [0.717, 1.165) is 37.1 Å². The molecular formula is C31H37ClN2O5. The second kappa shape index (κ2) is 16.4. The normalized spacial score (nSPS) is 10.8. The van der Waals surface area contributed by atoms with Gasteiger partial charge in [-0.2, -0.15) is 0 Å². The van der Waals surface area contributed by atoms with Crippen LogP contribution in [0.3, 0.4) is 0 Å². The molecule has 0 saturated carbocycles. The van der Waals surface area contributed by atoms with E-state index >= 15 is 0 Å². The lowest BCUT2D eigenvalue weighted by Gasteiger charge is -2.22. The molecule has 1 amide bonds. The number of nitrogens with zero attached hydrogens (tertiary/aromatic N) is 1. The van der Waals surface area contributed by atoms with Gasteiger partial charge in [-0.25, -0.2) is 0 Å². The molecule has 0 bridgehead atoms. The standard InChI is InChI=1S/C31H37ClN2O5/c1-38-29-21-26(12-15-28(29)39-23-25-7-3-2-4-8-25)22-30(35)33-17-6-19-34(18-5-9-31(36)37)20-16-24-10-13-27(32)14-11-24/h2-4,7-8,10-15,21H,5-6,9,16-20,22-23H2,1H3,(H,33,35)(H,36,37). The summed E-state index contributed by atoms with van der Waals surface area (Å²) in [7, 11) is 1.59. The number of ether oxygens (including phenoxy) is 2. The van der Waals surface area contributed by atoms with Gasteiger partial charge >= 0.3 is 5.97 Å². The smallest absolute Gasteiger partial charge is 0.303 e. The van der Waals surface area contributed by atoms with E-state index in [1.165, 1.54) is 5.56 Å². The first-order chi connectivity index (χ1) is 18.9. The van der Waals surface area contributed by atoms with E-state index in [-0.39, 0.29) is 18.7 Å². The Kier molecular flexibility index (Phi) is 12.6. The number of carboxylic acids is 1. The summed E-state index contributed by atoms with van der Waals surface area (Å²) in [5, 5.41) is 12.7. The van der Waals surface area contributed by atoms with Crippen LogP contribution in [-0.4, -0.2) is 55.2 Å². The third-order valence-corrected chi connectivity index (χ3v) is 6.55. The Balaban J connectivity index is 1.43. The molecule has 7 nitrogen and oxygen atoms in total. The highest BCUT2D eigenvalue weighted by Gasteiger charge is 2.11. The average Bonchev–Trinajstić information content (AvgIpc) is 2.94. The van der Waals surface area contributed by atoms with Crippen molar-refractivity contribution in [1.29, 1.82) is 0 Å². The molecule has 0 aliphatic heterocycles.